The molecule has 1 fully saturated rings. The van der Waals surface area contributed by atoms with Gasteiger partial charge in [0.2, 0.25) is 0 Å². The van der Waals surface area contributed by atoms with E-state index in [2.05, 4.69) is 0 Å². The van der Waals surface area contributed by atoms with Gasteiger partial charge < -0.3 is 5.32 Å². The van der Waals surface area contributed by atoms with Crippen molar-refractivity contribution in [3.8, 4) is 0 Å². The van der Waals surface area contributed by atoms with Crippen molar-refractivity contribution in [3.05, 3.63) is 29.3 Å². The average Bonchev–Trinajstić information content (AvgIpc) is 2.50. The van der Waals surface area contributed by atoms with Gasteiger partial charge in [0.15, 0.2) is 0 Å². The Morgan fingerprint density at radius 2 is 0.964 bits per heavy atom. The standard InChI is InChI=1S/C15H10F11NO/c1-6-3-7(2)5-8(4-6)27-9(28)10(16)11(17,18)13(21,22)15(25,26)14(23,24)12(10,19)20/h3-5H,1-2H3,(H,27,28). The van der Waals surface area contributed by atoms with Crippen molar-refractivity contribution in [2.45, 2.75) is 49.1 Å². The molecule has 0 heterocycles. The van der Waals surface area contributed by atoms with Crippen LogP contribution in [0.4, 0.5) is 54.0 Å². The lowest BCUT2D eigenvalue weighted by Crippen LogP contribution is -2.86. The molecule has 0 radical (unpaired) electrons. The van der Waals surface area contributed by atoms with Gasteiger partial charge in [-0.3, -0.25) is 4.79 Å². The summed E-state index contributed by atoms with van der Waals surface area (Å²) in [7, 11) is 0. The number of aryl methyl sites for hydroxylation is 2. The van der Waals surface area contributed by atoms with E-state index in [9.17, 15) is 53.1 Å². The first-order chi connectivity index (χ1) is 12.3. The van der Waals surface area contributed by atoms with Crippen molar-refractivity contribution >= 4 is 11.6 Å². The van der Waals surface area contributed by atoms with Crippen molar-refractivity contribution in [2.75, 3.05) is 5.32 Å². The fraction of sp³-hybridized carbons (Fsp3) is 0.533. The van der Waals surface area contributed by atoms with Gasteiger partial charge in [0.25, 0.3) is 5.91 Å². The molecule has 1 N–H and O–H groups in total. The minimum Gasteiger partial charge on any atom is -0.323 e. The molecule has 1 aromatic rings. The molecule has 1 saturated carbocycles. The van der Waals surface area contributed by atoms with Crippen molar-refractivity contribution in [2.24, 2.45) is 0 Å². The number of carbonyl (C=O) groups excluding carboxylic acids is 1. The van der Waals surface area contributed by atoms with E-state index < -0.39 is 46.9 Å². The molecule has 0 aliphatic heterocycles. The first-order valence-corrected chi connectivity index (χ1v) is 7.26. The van der Waals surface area contributed by atoms with Gasteiger partial charge in [-0.2, -0.15) is 43.9 Å². The van der Waals surface area contributed by atoms with Crippen molar-refractivity contribution < 1.29 is 53.1 Å². The Balaban J connectivity index is 2.69. The average molecular weight is 429 g/mol. The third kappa shape index (κ3) is 2.30. The largest absolute Gasteiger partial charge is 0.384 e. The van der Waals surface area contributed by atoms with Gasteiger partial charge in [0, 0.05) is 5.69 Å². The first kappa shape index (κ1) is 22.2. The Bertz CT molecular complexity index is 768. The minimum absolute atomic E-state index is 0.257. The Labute approximate surface area is 149 Å². The van der Waals surface area contributed by atoms with E-state index in [1.165, 1.54) is 19.9 Å². The molecule has 2 nitrogen and oxygen atoms in total. The number of alkyl halides is 11. The quantitative estimate of drug-likeness (QED) is 0.649. The van der Waals surface area contributed by atoms with Gasteiger partial charge >= 0.3 is 35.3 Å². The summed E-state index contributed by atoms with van der Waals surface area (Å²) >= 11 is 0. The van der Waals surface area contributed by atoms with E-state index in [1.807, 2.05) is 0 Å². The number of benzene rings is 1. The monoisotopic (exact) mass is 429 g/mol. The Morgan fingerprint density at radius 1 is 0.643 bits per heavy atom. The second kappa shape index (κ2) is 5.72. The Kier molecular flexibility index (Phi) is 4.54. The SMILES string of the molecule is Cc1cc(C)cc(NC(=O)C2(F)C(F)(F)C(F)(F)C(F)(F)C(F)(F)C2(F)F)c1. The van der Waals surface area contributed by atoms with E-state index >= 15 is 0 Å². The van der Waals surface area contributed by atoms with Crippen LogP contribution in [0.25, 0.3) is 0 Å². The molecule has 1 aliphatic rings. The van der Waals surface area contributed by atoms with Crippen molar-refractivity contribution in [3.63, 3.8) is 0 Å². The van der Waals surface area contributed by atoms with Crippen LogP contribution in [-0.2, 0) is 4.79 Å². The van der Waals surface area contributed by atoms with Gasteiger partial charge in [-0.1, -0.05) is 6.07 Å². The third-order valence-electron chi connectivity index (χ3n) is 4.24. The number of amides is 1. The van der Waals surface area contributed by atoms with E-state index in [0.29, 0.717) is 0 Å². The molecule has 1 aliphatic carbocycles. The predicted octanol–water partition coefficient (Wildman–Crippen LogP) is 5.14. The highest BCUT2D eigenvalue weighted by Gasteiger charge is 3.02. The van der Waals surface area contributed by atoms with Gasteiger partial charge in [-0.25, -0.2) is 4.39 Å². The van der Waals surface area contributed by atoms with Crippen molar-refractivity contribution in [1.29, 1.82) is 0 Å². The second-order valence-corrected chi connectivity index (χ2v) is 6.36. The summed E-state index contributed by atoms with van der Waals surface area (Å²) in [6.07, 6.45) is 0. The molecule has 28 heavy (non-hydrogen) atoms. The Hall–Kier alpha value is -2.08. The smallest absolute Gasteiger partial charge is 0.323 e. The zero-order valence-corrected chi connectivity index (χ0v) is 13.8. The normalized spacial score (nSPS) is 25.8. The zero-order chi connectivity index (χ0) is 22.1. The molecule has 0 aromatic heterocycles. The number of carbonyl (C=O) groups is 1. The van der Waals surface area contributed by atoms with Crippen LogP contribution in [0, 0.1) is 13.8 Å². The number of hydrogen-bond donors (Lipinski definition) is 1. The molecular formula is C15H10F11NO. The summed E-state index contributed by atoms with van der Waals surface area (Å²) in [4.78, 5) is 11.8. The second-order valence-electron chi connectivity index (χ2n) is 6.36. The summed E-state index contributed by atoms with van der Waals surface area (Å²) in [5.41, 5.74) is -6.87. The van der Waals surface area contributed by atoms with E-state index in [0.717, 1.165) is 17.4 Å². The van der Waals surface area contributed by atoms with E-state index in [1.54, 1.807) is 0 Å². The lowest BCUT2D eigenvalue weighted by atomic mass is 9.71. The number of anilines is 1. The van der Waals surface area contributed by atoms with Crippen LogP contribution in [0.15, 0.2) is 18.2 Å². The maximum absolute atomic E-state index is 14.5. The highest BCUT2D eigenvalue weighted by molar-refractivity contribution is 5.99. The molecule has 1 amide bonds. The third-order valence-corrected chi connectivity index (χ3v) is 4.24. The minimum atomic E-state index is -7.36. The number of nitrogens with one attached hydrogen (secondary N) is 1. The molecule has 0 bridgehead atoms. The summed E-state index contributed by atoms with van der Waals surface area (Å²) in [6, 6.07) is 3.18. The highest BCUT2D eigenvalue weighted by atomic mass is 19.4. The molecule has 13 heteroatoms. The van der Waals surface area contributed by atoms with E-state index in [-0.39, 0.29) is 11.1 Å². The topological polar surface area (TPSA) is 29.1 Å². The van der Waals surface area contributed by atoms with Crippen LogP contribution < -0.4 is 5.32 Å². The maximum Gasteiger partial charge on any atom is 0.384 e. The summed E-state index contributed by atoms with van der Waals surface area (Å²) < 4.78 is 150. The van der Waals surface area contributed by atoms with Gasteiger partial charge in [0.1, 0.15) is 0 Å². The van der Waals surface area contributed by atoms with Gasteiger partial charge in [-0.05, 0) is 37.1 Å². The van der Waals surface area contributed by atoms with Gasteiger partial charge in [-0.15, -0.1) is 0 Å². The number of rotatable bonds is 2. The molecule has 0 spiro atoms. The van der Waals surface area contributed by atoms with Crippen LogP contribution in [0.1, 0.15) is 11.1 Å². The molecular weight excluding hydrogens is 419 g/mol. The van der Waals surface area contributed by atoms with Crippen LogP contribution >= 0.6 is 0 Å². The first-order valence-electron chi connectivity index (χ1n) is 7.26. The highest BCUT2D eigenvalue weighted by Crippen LogP contribution is 2.69. The lowest BCUT2D eigenvalue weighted by Gasteiger charge is -2.51. The fourth-order valence-corrected chi connectivity index (χ4v) is 2.77. The lowest BCUT2D eigenvalue weighted by molar-refractivity contribution is -0.475. The van der Waals surface area contributed by atoms with Gasteiger partial charge in [0.05, 0.1) is 0 Å². The van der Waals surface area contributed by atoms with Crippen molar-refractivity contribution in [1.82, 2.24) is 0 Å². The molecule has 0 saturated heterocycles. The maximum atomic E-state index is 14.5. The summed E-state index contributed by atoms with van der Waals surface area (Å²) in [6.45, 7) is 2.70. The van der Waals surface area contributed by atoms with Crippen LogP contribution in [-0.4, -0.2) is 41.2 Å². The van der Waals surface area contributed by atoms with Crippen LogP contribution in [0.2, 0.25) is 0 Å². The summed E-state index contributed by atoms with van der Waals surface area (Å²) in [5, 5.41) is 1.06. The van der Waals surface area contributed by atoms with Crippen LogP contribution in [0.3, 0.4) is 0 Å². The summed E-state index contributed by atoms with van der Waals surface area (Å²) in [5.74, 6) is -39.7. The Morgan fingerprint density at radius 3 is 1.32 bits per heavy atom. The molecule has 1 aromatic carbocycles. The zero-order valence-electron chi connectivity index (χ0n) is 13.8. The molecule has 158 valence electrons. The molecule has 0 unspecified atom stereocenters. The molecule has 0 atom stereocenters. The fourth-order valence-electron chi connectivity index (χ4n) is 2.77. The van der Waals surface area contributed by atoms with E-state index in [4.69, 9.17) is 0 Å². The number of hydrogen-bond acceptors (Lipinski definition) is 1. The van der Waals surface area contributed by atoms with Crippen LogP contribution in [0.5, 0.6) is 0 Å². The molecule has 2 rings (SSSR count). The predicted molar refractivity (Wildman–Crippen MR) is 73.1 cm³/mol. The number of halogens is 11.